The van der Waals surface area contributed by atoms with Gasteiger partial charge in [0.1, 0.15) is 0 Å². The second kappa shape index (κ2) is 3.11. The van der Waals surface area contributed by atoms with Gasteiger partial charge < -0.3 is 10.4 Å². The van der Waals surface area contributed by atoms with Crippen LogP contribution in [0.1, 0.15) is 25.7 Å². The van der Waals surface area contributed by atoms with Gasteiger partial charge >= 0.3 is 0 Å². The third-order valence-electron chi connectivity index (χ3n) is 3.20. The Hall–Kier alpha value is -0.0800. The highest BCUT2D eigenvalue weighted by molar-refractivity contribution is 4.86. The molecule has 0 aromatic carbocycles. The first-order valence-electron chi connectivity index (χ1n) is 4.75. The second-order valence-corrected chi connectivity index (χ2v) is 3.97. The van der Waals surface area contributed by atoms with Gasteiger partial charge in [0.15, 0.2) is 0 Å². The van der Waals surface area contributed by atoms with Crippen molar-refractivity contribution in [2.24, 2.45) is 11.8 Å². The number of aliphatic hydroxyl groups excluding tert-OH is 1. The van der Waals surface area contributed by atoms with Crippen molar-refractivity contribution >= 4 is 0 Å². The van der Waals surface area contributed by atoms with E-state index in [1.165, 1.54) is 25.9 Å². The van der Waals surface area contributed by atoms with E-state index < -0.39 is 0 Å². The summed E-state index contributed by atoms with van der Waals surface area (Å²) in [5, 5.41) is 12.5. The fraction of sp³-hybridized carbons (Fsp3) is 1.00. The number of hydrogen-bond donors (Lipinski definition) is 2. The van der Waals surface area contributed by atoms with Crippen molar-refractivity contribution in [2.75, 3.05) is 13.1 Å². The lowest BCUT2D eigenvalue weighted by Gasteiger charge is -2.39. The first kappa shape index (κ1) is 7.56. The molecule has 0 radical (unpaired) electrons. The maximum Gasteiger partial charge on any atom is 0.0545 e. The zero-order valence-corrected chi connectivity index (χ0v) is 6.92. The monoisotopic (exact) mass is 155 g/mol. The zero-order chi connectivity index (χ0) is 7.68. The fourth-order valence-corrected chi connectivity index (χ4v) is 2.33. The molecule has 1 saturated carbocycles. The van der Waals surface area contributed by atoms with Crippen LogP contribution in [0.3, 0.4) is 0 Å². The molecule has 11 heavy (non-hydrogen) atoms. The molecule has 0 bridgehead atoms. The minimum absolute atomic E-state index is 0.0369. The van der Waals surface area contributed by atoms with E-state index in [9.17, 15) is 0 Å². The molecule has 2 aliphatic rings. The molecule has 64 valence electrons. The van der Waals surface area contributed by atoms with Crippen LogP contribution in [-0.2, 0) is 0 Å². The Morgan fingerprint density at radius 1 is 1.00 bits per heavy atom. The van der Waals surface area contributed by atoms with Crippen LogP contribution in [0.5, 0.6) is 0 Å². The summed E-state index contributed by atoms with van der Waals surface area (Å²) in [6, 6.07) is 0. The molecular formula is C9H17NO. The summed E-state index contributed by atoms with van der Waals surface area (Å²) in [4.78, 5) is 0. The van der Waals surface area contributed by atoms with E-state index in [2.05, 4.69) is 5.32 Å². The van der Waals surface area contributed by atoms with Crippen LogP contribution in [0, 0.1) is 11.8 Å². The second-order valence-electron chi connectivity index (χ2n) is 3.97. The smallest absolute Gasteiger partial charge is 0.0545 e. The van der Waals surface area contributed by atoms with Gasteiger partial charge in [0.2, 0.25) is 0 Å². The summed E-state index contributed by atoms with van der Waals surface area (Å²) in [6.45, 7) is 2.38. The largest absolute Gasteiger partial charge is 0.393 e. The Balaban J connectivity index is 1.76. The van der Waals surface area contributed by atoms with Crippen molar-refractivity contribution in [1.82, 2.24) is 5.32 Å². The molecule has 0 aromatic heterocycles. The standard InChI is InChI=1S/C9H17NO/c11-9-5-8(6-9)7-1-3-10-4-2-7/h7-11H,1-6H2. The normalized spacial score (nSPS) is 40.1. The summed E-state index contributed by atoms with van der Waals surface area (Å²) < 4.78 is 0. The summed E-state index contributed by atoms with van der Waals surface area (Å²) in [6.07, 6.45) is 4.85. The summed E-state index contributed by atoms with van der Waals surface area (Å²) >= 11 is 0. The van der Waals surface area contributed by atoms with Gasteiger partial charge in [-0.2, -0.15) is 0 Å². The van der Waals surface area contributed by atoms with Crippen molar-refractivity contribution in [1.29, 1.82) is 0 Å². The highest BCUT2D eigenvalue weighted by Crippen LogP contribution is 2.37. The molecule has 0 aromatic rings. The first-order chi connectivity index (χ1) is 5.36. The van der Waals surface area contributed by atoms with Gasteiger partial charge in [-0.3, -0.25) is 0 Å². The van der Waals surface area contributed by atoms with Gasteiger partial charge in [0.25, 0.3) is 0 Å². The van der Waals surface area contributed by atoms with Gasteiger partial charge in [-0.1, -0.05) is 0 Å². The van der Waals surface area contributed by atoms with Crippen LogP contribution >= 0.6 is 0 Å². The average molecular weight is 155 g/mol. The maximum absolute atomic E-state index is 9.13. The van der Waals surface area contributed by atoms with Crippen molar-refractivity contribution in [3.8, 4) is 0 Å². The Labute approximate surface area is 68.0 Å². The summed E-state index contributed by atoms with van der Waals surface area (Å²) in [5.74, 6) is 1.77. The quantitative estimate of drug-likeness (QED) is 0.586. The van der Waals surface area contributed by atoms with Gasteiger partial charge in [0.05, 0.1) is 6.10 Å². The molecule has 0 amide bonds. The third kappa shape index (κ3) is 1.57. The predicted molar refractivity (Wildman–Crippen MR) is 44.3 cm³/mol. The fourth-order valence-electron chi connectivity index (χ4n) is 2.33. The third-order valence-corrected chi connectivity index (χ3v) is 3.20. The van der Waals surface area contributed by atoms with Gasteiger partial charge in [-0.05, 0) is 50.6 Å². The van der Waals surface area contributed by atoms with E-state index in [4.69, 9.17) is 5.11 Å². The van der Waals surface area contributed by atoms with Crippen LogP contribution in [0.15, 0.2) is 0 Å². The Morgan fingerprint density at radius 2 is 1.64 bits per heavy atom. The van der Waals surface area contributed by atoms with Gasteiger partial charge in [-0.25, -0.2) is 0 Å². The SMILES string of the molecule is OC1CC(C2CCNCC2)C1. The molecule has 0 unspecified atom stereocenters. The average Bonchev–Trinajstić information content (AvgIpc) is 2.01. The number of piperidine rings is 1. The highest BCUT2D eigenvalue weighted by Gasteiger charge is 2.33. The molecule has 0 spiro atoms. The number of rotatable bonds is 1. The summed E-state index contributed by atoms with van der Waals surface area (Å²) in [5.41, 5.74) is 0. The minimum Gasteiger partial charge on any atom is -0.393 e. The van der Waals surface area contributed by atoms with E-state index in [-0.39, 0.29) is 6.10 Å². The molecular weight excluding hydrogens is 138 g/mol. The molecule has 1 heterocycles. The van der Waals surface area contributed by atoms with E-state index in [0.29, 0.717) is 0 Å². The molecule has 2 nitrogen and oxygen atoms in total. The van der Waals surface area contributed by atoms with Crippen LogP contribution in [0.25, 0.3) is 0 Å². The minimum atomic E-state index is 0.0369. The Kier molecular flexibility index (Phi) is 2.14. The summed E-state index contributed by atoms with van der Waals surface area (Å²) in [7, 11) is 0. The lowest BCUT2D eigenvalue weighted by atomic mass is 9.71. The molecule has 1 aliphatic carbocycles. The van der Waals surface area contributed by atoms with Crippen molar-refractivity contribution in [3.05, 3.63) is 0 Å². The van der Waals surface area contributed by atoms with Crippen molar-refractivity contribution < 1.29 is 5.11 Å². The highest BCUT2D eigenvalue weighted by atomic mass is 16.3. The molecule has 2 N–H and O–H groups in total. The maximum atomic E-state index is 9.13. The first-order valence-corrected chi connectivity index (χ1v) is 4.75. The van der Waals surface area contributed by atoms with E-state index >= 15 is 0 Å². The molecule has 2 heteroatoms. The number of hydrogen-bond acceptors (Lipinski definition) is 2. The van der Waals surface area contributed by atoms with E-state index in [1.807, 2.05) is 0 Å². The molecule has 1 aliphatic heterocycles. The van der Waals surface area contributed by atoms with Crippen molar-refractivity contribution in [2.45, 2.75) is 31.8 Å². The van der Waals surface area contributed by atoms with Crippen LogP contribution in [-0.4, -0.2) is 24.3 Å². The molecule has 0 atom stereocenters. The lowest BCUT2D eigenvalue weighted by molar-refractivity contribution is 0.00682. The van der Waals surface area contributed by atoms with Crippen molar-refractivity contribution in [3.63, 3.8) is 0 Å². The topological polar surface area (TPSA) is 32.3 Å². The van der Waals surface area contributed by atoms with Crippen LogP contribution in [0.4, 0.5) is 0 Å². The predicted octanol–water partition coefficient (Wildman–Crippen LogP) is 0.757. The molecule has 2 rings (SSSR count). The van der Waals surface area contributed by atoms with Crippen LogP contribution in [0.2, 0.25) is 0 Å². The number of nitrogens with one attached hydrogen (secondary N) is 1. The Bertz CT molecular complexity index is 126. The zero-order valence-electron chi connectivity index (χ0n) is 6.92. The molecule has 2 fully saturated rings. The van der Waals surface area contributed by atoms with Gasteiger partial charge in [0, 0.05) is 0 Å². The Morgan fingerprint density at radius 3 is 2.18 bits per heavy atom. The van der Waals surface area contributed by atoms with E-state index in [1.54, 1.807) is 0 Å². The lowest BCUT2D eigenvalue weighted by Crippen LogP contribution is -2.39. The van der Waals surface area contributed by atoms with Gasteiger partial charge in [-0.15, -0.1) is 0 Å². The number of aliphatic hydroxyl groups is 1. The van der Waals surface area contributed by atoms with E-state index in [0.717, 1.165) is 24.7 Å². The van der Waals surface area contributed by atoms with Crippen LogP contribution < -0.4 is 5.32 Å². The molecule has 1 saturated heterocycles.